The van der Waals surface area contributed by atoms with Gasteiger partial charge in [0.25, 0.3) is 0 Å². The van der Waals surface area contributed by atoms with E-state index in [0.29, 0.717) is 18.8 Å². The fourth-order valence-electron chi connectivity index (χ4n) is 4.39. The molecule has 0 amide bonds. The second kappa shape index (κ2) is 8.39. The molecule has 1 N–H and O–H groups in total. The molecule has 4 heterocycles. The summed E-state index contributed by atoms with van der Waals surface area (Å²) in [6.45, 7) is 0.409. The molecule has 3 aromatic heterocycles. The van der Waals surface area contributed by atoms with Crippen LogP contribution in [0.5, 0.6) is 11.5 Å². The summed E-state index contributed by atoms with van der Waals surface area (Å²) in [7, 11) is 3.32. The van der Waals surface area contributed by atoms with Crippen LogP contribution in [0.15, 0.2) is 60.9 Å². The van der Waals surface area contributed by atoms with Crippen LogP contribution in [0.25, 0.3) is 22.2 Å². The van der Waals surface area contributed by atoms with Crippen LogP contribution in [0, 0.1) is 5.82 Å². The van der Waals surface area contributed by atoms with Crippen molar-refractivity contribution in [2.24, 2.45) is 7.05 Å². The van der Waals surface area contributed by atoms with Crippen molar-refractivity contribution in [1.82, 2.24) is 29.8 Å². The molecule has 9 nitrogen and oxygen atoms in total. The molecule has 1 unspecified atom stereocenters. The molecule has 0 saturated carbocycles. The lowest BCUT2D eigenvalue weighted by atomic mass is 10.0. The van der Waals surface area contributed by atoms with Gasteiger partial charge >= 0.3 is 0 Å². The normalized spacial score (nSPS) is 14.7. The molecule has 1 aliphatic rings. The first-order valence-corrected chi connectivity index (χ1v) is 11.1. The maximum absolute atomic E-state index is 14.2. The fourth-order valence-corrected chi connectivity index (χ4v) is 4.39. The average Bonchev–Trinajstić information content (AvgIpc) is 3.48. The van der Waals surface area contributed by atoms with Crippen molar-refractivity contribution in [3.05, 3.63) is 72.3 Å². The second-order valence-corrected chi connectivity index (χ2v) is 8.41. The molecule has 5 aromatic rings. The van der Waals surface area contributed by atoms with E-state index in [1.165, 1.54) is 13.2 Å². The van der Waals surface area contributed by atoms with Gasteiger partial charge in [-0.25, -0.2) is 14.1 Å². The van der Waals surface area contributed by atoms with Gasteiger partial charge in [0.1, 0.15) is 35.0 Å². The van der Waals surface area contributed by atoms with Crippen molar-refractivity contribution in [2.45, 2.75) is 12.5 Å². The molecule has 6 rings (SSSR count). The Morgan fingerprint density at radius 1 is 1.11 bits per heavy atom. The van der Waals surface area contributed by atoms with Gasteiger partial charge in [-0.1, -0.05) is 11.3 Å². The first kappa shape index (κ1) is 21.1. The molecular formula is C25H22FN7O2. The summed E-state index contributed by atoms with van der Waals surface area (Å²) < 4.78 is 29.0. The maximum Gasteiger partial charge on any atom is 0.165 e. The highest BCUT2D eigenvalue weighted by atomic mass is 19.1. The summed E-state index contributed by atoms with van der Waals surface area (Å²) in [6, 6.07) is 14.7. The number of anilines is 2. The Bertz CT molecular complexity index is 1540. The lowest BCUT2D eigenvalue weighted by Crippen LogP contribution is -2.25. The molecule has 0 fully saturated rings. The number of ether oxygens (including phenoxy) is 2. The maximum atomic E-state index is 14.2. The quantitative estimate of drug-likeness (QED) is 0.395. The van der Waals surface area contributed by atoms with Crippen molar-refractivity contribution in [3.63, 3.8) is 0 Å². The van der Waals surface area contributed by atoms with E-state index in [2.05, 4.69) is 25.7 Å². The lowest BCUT2D eigenvalue weighted by Gasteiger charge is -2.24. The van der Waals surface area contributed by atoms with Crippen molar-refractivity contribution in [1.29, 1.82) is 0 Å². The summed E-state index contributed by atoms with van der Waals surface area (Å²) in [4.78, 5) is 4.42. The van der Waals surface area contributed by atoms with E-state index in [-0.39, 0.29) is 17.6 Å². The molecule has 0 aliphatic carbocycles. The highest BCUT2D eigenvalue weighted by molar-refractivity contribution is 5.88. The number of aromatic nitrogens is 6. The molecule has 35 heavy (non-hydrogen) atoms. The summed E-state index contributed by atoms with van der Waals surface area (Å²) in [5, 5.41) is 16.3. The van der Waals surface area contributed by atoms with E-state index in [9.17, 15) is 4.39 Å². The topological polar surface area (TPSA) is 91.9 Å². The Labute approximate surface area is 200 Å². The van der Waals surface area contributed by atoms with Gasteiger partial charge in [-0.2, -0.15) is 5.10 Å². The van der Waals surface area contributed by atoms with E-state index in [4.69, 9.17) is 9.47 Å². The zero-order valence-corrected chi connectivity index (χ0v) is 19.1. The lowest BCUT2D eigenvalue weighted by molar-refractivity contribution is 0.223. The smallest absolute Gasteiger partial charge is 0.165 e. The Morgan fingerprint density at radius 3 is 2.83 bits per heavy atom. The van der Waals surface area contributed by atoms with Crippen molar-refractivity contribution >= 4 is 22.7 Å². The van der Waals surface area contributed by atoms with Gasteiger partial charge in [-0.05, 0) is 59.5 Å². The molecule has 0 saturated heterocycles. The highest BCUT2D eigenvalue weighted by Crippen LogP contribution is 2.37. The molecule has 0 bridgehead atoms. The minimum atomic E-state index is -0.384. The van der Waals surface area contributed by atoms with Gasteiger partial charge < -0.3 is 14.8 Å². The van der Waals surface area contributed by atoms with E-state index in [1.807, 2.05) is 48.1 Å². The predicted molar refractivity (Wildman–Crippen MR) is 128 cm³/mol. The summed E-state index contributed by atoms with van der Waals surface area (Å²) >= 11 is 0. The second-order valence-electron chi connectivity index (χ2n) is 8.41. The third-order valence-electron chi connectivity index (χ3n) is 6.17. The Morgan fingerprint density at radius 2 is 2.03 bits per heavy atom. The van der Waals surface area contributed by atoms with Gasteiger partial charge in [0.15, 0.2) is 11.6 Å². The molecular weight excluding hydrogens is 449 g/mol. The molecule has 2 aromatic carbocycles. The number of nitrogens with zero attached hydrogens (tertiary/aromatic N) is 6. The molecule has 0 radical (unpaired) electrons. The van der Waals surface area contributed by atoms with Crippen LogP contribution in [-0.2, 0) is 13.5 Å². The third kappa shape index (κ3) is 3.82. The van der Waals surface area contributed by atoms with E-state index < -0.39 is 0 Å². The van der Waals surface area contributed by atoms with Gasteiger partial charge in [-0.3, -0.25) is 4.68 Å². The number of hydrogen-bond donors (Lipinski definition) is 1. The van der Waals surface area contributed by atoms with Gasteiger partial charge in [0.2, 0.25) is 0 Å². The monoisotopic (exact) mass is 471 g/mol. The van der Waals surface area contributed by atoms with Gasteiger partial charge in [-0.15, -0.1) is 5.10 Å². The van der Waals surface area contributed by atoms with Crippen LogP contribution in [0.4, 0.5) is 16.0 Å². The first-order chi connectivity index (χ1) is 17.1. The number of nitrogens with one attached hydrogen (secondary N) is 1. The average molecular weight is 471 g/mol. The highest BCUT2D eigenvalue weighted by Gasteiger charge is 2.26. The molecule has 10 heteroatoms. The standard InChI is InChI=1S/C25H22FN7O2/c1-32-24(6-8-28-32)29-23-13-16(5-7-27-23)17-11-20-25-22(12-17)35-14-18(33(25)31-30-20)9-15-3-4-21(34-2)19(26)10-15/h3-8,10-13,18H,9,14H2,1-2H3,(H,27,29). The SMILES string of the molecule is COc1ccc(CC2COc3cc(-c4ccnc(Nc5ccnn5C)c4)cc4nnn2c34)cc1F. The van der Waals surface area contributed by atoms with Crippen molar-refractivity contribution < 1.29 is 13.9 Å². The van der Waals surface area contributed by atoms with Crippen molar-refractivity contribution in [2.75, 3.05) is 19.0 Å². The van der Waals surface area contributed by atoms with Crippen LogP contribution >= 0.6 is 0 Å². The minimum Gasteiger partial charge on any atom is -0.494 e. The molecule has 1 atom stereocenters. The number of rotatable bonds is 6. The van der Waals surface area contributed by atoms with Crippen LogP contribution in [0.2, 0.25) is 0 Å². The predicted octanol–water partition coefficient (Wildman–Crippen LogP) is 4.29. The first-order valence-electron chi connectivity index (χ1n) is 11.1. The number of aryl methyl sites for hydroxylation is 1. The molecule has 1 aliphatic heterocycles. The van der Waals surface area contributed by atoms with Gasteiger partial charge in [0.05, 0.1) is 19.3 Å². The number of pyridine rings is 1. The number of halogens is 1. The number of methoxy groups -OCH3 is 1. The number of hydrogen-bond acceptors (Lipinski definition) is 7. The van der Waals surface area contributed by atoms with Crippen LogP contribution in [0.3, 0.4) is 0 Å². The van der Waals surface area contributed by atoms with Crippen LogP contribution in [0.1, 0.15) is 11.6 Å². The zero-order chi connectivity index (χ0) is 23.9. The van der Waals surface area contributed by atoms with Crippen LogP contribution < -0.4 is 14.8 Å². The molecule has 0 spiro atoms. The number of benzene rings is 2. The van der Waals surface area contributed by atoms with E-state index in [1.54, 1.807) is 23.1 Å². The summed E-state index contributed by atoms with van der Waals surface area (Å²) in [6.07, 6.45) is 4.05. The summed E-state index contributed by atoms with van der Waals surface area (Å²) in [5.74, 6) is 2.11. The zero-order valence-electron chi connectivity index (χ0n) is 19.1. The molecule has 176 valence electrons. The van der Waals surface area contributed by atoms with E-state index in [0.717, 1.165) is 39.3 Å². The van der Waals surface area contributed by atoms with Crippen molar-refractivity contribution in [3.8, 4) is 22.6 Å². The Balaban J connectivity index is 1.30. The van der Waals surface area contributed by atoms with Gasteiger partial charge in [0, 0.05) is 19.3 Å². The Kier molecular flexibility index (Phi) is 5.05. The third-order valence-corrected chi connectivity index (χ3v) is 6.17. The fraction of sp³-hybridized carbons (Fsp3) is 0.200. The van der Waals surface area contributed by atoms with Crippen LogP contribution in [-0.4, -0.2) is 43.5 Å². The largest absolute Gasteiger partial charge is 0.494 e. The summed E-state index contributed by atoms with van der Waals surface area (Å²) in [5.41, 5.74) is 4.33. The van der Waals surface area contributed by atoms with E-state index >= 15 is 0 Å². The minimum absolute atomic E-state index is 0.0956. The Hall–Kier alpha value is -4.47.